The molecule has 1 heterocycles. The van der Waals surface area contributed by atoms with Gasteiger partial charge in [0.1, 0.15) is 17.3 Å². The molecular formula is C13H12FNO5S. The van der Waals surface area contributed by atoms with Gasteiger partial charge in [-0.15, -0.1) is 0 Å². The maximum Gasteiger partial charge on any atom is 0.488 e. The summed E-state index contributed by atoms with van der Waals surface area (Å²) < 4.78 is 42.3. The molecule has 2 rings (SSSR count). The van der Waals surface area contributed by atoms with Gasteiger partial charge in [0, 0.05) is 5.69 Å². The Kier molecular flexibility index (Phi) is 3.99. The van der Waals surface area contributed by atoms with Crippen molar-refractivity contribution in [3.8, 4) is 5.75 Å². The fourth-order valence-electron chi connectivity index (χ4n) is 1.76. The molecule has 8 heteroatoms. The van der Waals surface area contributed by atoms with Crippen molar-refractivity contribution in [2.45, 2.75) is 13.8 Å². The van der Waals surface area contributed by atoms with Crippen molar-refractivity contribution in [1.29, 1.82) is 0 Å². The van der Waals surface area contributed by atoms with Gasteiger partial charge in [-0.1, -0.05) is 3.89 Å². The Bertz CT molecular complexity index is 764. The van der Waals surface area contributed by atoms with Gasteiger partial charge in [0.2, 0.25) is 0 Å². The van der Waals surface area contributed by atoms with Gasteiger partial charge < -0.3 is 13.9 Å². The van der Waals surface area contributed by atoms with Crippen molar-refractivity contribution in [2.24, 2.45) is 0 Å². The third-order valence-electron chi connectivity index (χ3n) is 2.59. The number of amides is 1. The summed E-state index contributed by atoms with van der Waals surface area (Å²) in [4.78, 5) is 12.0. The molecule has 1 aromatic carbocycles. The Labute approximate surface area is 120 Å². The molecule has 1 amide bonds. The predicted octanol–water partition coefficient (Wildman–Crippen LogP) is 2.74. The third kappa shape index (κ3) is 4.06. The maximum atomic E-state index is 12.3. The van der Waals surface area contributed by atoms with Crippen molar-refractivity contribution >= 4 is 22.1 Å². The summed E-state index contributed by atoms with van der Waals surface area (Å²) in [6.45, 7) is 3.40. The number of rotatable bonds is 4. The molecule has 0 bridgehead atoms. The van der Waals surface area contributed by atoms with Gasteiger partial charge in [-0.3, -0.25) is 4.79 Å². The molecule has 0 aliphatic rings. The molecule has 0 unspecified atom stereocenters. The highest BCUT2D eigenvalue weighted by Crippen LogP contribution is 2.20. The number of benzene rings is 1. The van der Waals surface area contributed by atoms with E-state index in [2.05, 4.69) is 9.50 Å². The molecule has 0 spiro atoms. The van der Waals surface area contributed by atoms with Gasteiger partial charge in [-0.2, -0.15) is 8.42 Å². The summed E-state index contributed by atoms with van der Waals surface area (Å²) in [6.07, 6.45) is 0. The van der Waals surface area contributed by atoms with E-state index in [0.29, 0.717) is 22.8 Å². The van der Waals surface area contributed by atoms with Crippen LogP contribution in [0, 0.1) is 13.8 Å². The molecule has 0 atom stereocenters. The number of aryl methyl sites for hydroxylation is 2. The van der Waals surface area contributed by atoms with Crippen LogP contribution in [-0.2, 0) is 10.5 Å². The number of anilines is 1. The Morgan fingerprint density at radius 3 is 2.33 bits per heavy atom. The molecule has 0 aliphatic carbocycles. The van der Waals surface area contributed by atoms with Crippen LogP contribution in [0.2, 0.25) is 0 Å². The Morgan fingerprint density at radius 1 is 1.24 bits per heavy atom. The van der Waals surface area contributed by atoms with Crippen LogP contribution in [0.25, 0.3) is 0 Å². The summed E-state index contributed by atoms with van der Waals surface area (Å²) in [7, 11) is -5.06. The molecule has 0 radical (unpaired) electrons. The van der Waals surface area contributed by atoms with Crippen LogP contribution in [0.3, 0.4) is 0 Å². The molecule has 1 N–H and O–H groups in total. The first kappa shape index (κ1) is 15.0. The first-order valence-electron chi connectivity index (χ1n) is 5.87. The lowest BCUT2D eigenvalue weighted by atomic mass is 10.2. The van der Waals surface area contributed by atoms with E-state index >= 15 is 0 Å². The monoisotopic (exact) mass is 313 g/mol. The van der Waals surface area contributed by atoms with Gasteiger partial charge >= 0.3 is 10.5 Å². The summed E-state index contributed by atoms with van der Waals surface area (Å²) >= 11 is 0. The van der Waals surface area contributed by atoms with Gasteiger partial charge in [-0.25, -0.2) is 0 Å². The molecule has 0 fully saturated rings. The molecule has 2 aromatic rings. The highest BCUT2D eigenvalue weighted by molar-refractivity contribution is 7.81. The Morgan fingerprint density at radius 2 is 1.86 bits per heavy atom. The van der Waals surface area contributed by atoms with Crippen molar-refractivity contribution in [3.63, 3.8) is 0 Å². The standard InChI is InChI=1S/C13H12FNO5S/c1-8-7-12(9(2)19-8)13(16)15-10-3-5-11(6-4-10)20-21(14,17)18/h3-7H,1-2H3,(H,15,16). The lowest BCUT2D eigenvalue weighted by Crippen LogP contribution is -2.12. The van der Waals surface area contributed by atoms with E-state index in [9.17, 15) is 17.1 Å². The van der Waals surface area contributed by atoms with E-state index in [1.165, 1.54) is 24.3 Å². The lowest BCUT2D eigenvalue weighted by Gasteiger charge is -2.05. The molecule has 6 nitrogen and oxygen atoms in total. The molecule has 112 valence electrons. The predicted molar refractivity (Wildman–Crippen MR) is 73.2 cm³/mol. The Balaban J connectivity index is 2.10. The summed E-state index contributed by atoms with van der Waals surface area (Å²) in [5.41, 5.74) is 0.807. The van der Waals surface area contributed by atoms with Crippen molar-refractivity contribution in [2.75, 3.05) is 5.32 Å². The van der Waals surface area contributed by atoms with Crippen LogP contribution in [0.4, 0.5) is 9.57 Å². The van der Waals surface area contributed by atoms with Gasteiger partial charge in [-0.05, 0) is 44.2 Å². The second-order valence-corrected chi connectivity index (χ2v) is 5.23. The first-order valence-corrected chi connectivity index (χ1v) is 7.18. The number of hydrogen-bond acceptors (Lipinski definition) is 5. The largest absolute Gasteiger partial charge is 0.488 e. The second-order valence-electron chi connectivity index (χ2n) is 4.28. The number of carbonyl (C=O) groups excluding carboxylic acids is 1. The summed E-state index contributed by atoms with van der Waals surface area (Å²) in [5.74, 6) is 0.560. The Hall–Kier alpha value is -2.35. The zero-order chi connectivity index (χ0) is 15.6. The maximum absolute atomic E-state index is 12.3. The van der Waals surface area contributed by atoms with Gasteiger partial charge in [0.25, 0.3) is 5.91 Å². The minimum Gasteiger partial charge on any atom is -0.466 e. The van der Waals surface area contributed by atoms with Crippen molar-refractivity contribution in [1.82, 2.24) is 0 Å². The van der Waals surface area contributed by atoms with Gasteiger partial charge in [0.15, 0.2) is 0 Å². The molecule has 21 heavy (non-hydrogen) atoms. The number of nitrogens with one attached hydrogen (secondary N) is 1. The quantitative estimate of drug-likeness (QED) is 0.877. The number of hydrogen-bond donors (Lipinski definition) is 1. The fourth-order valence-corrected chi connectivity index (χ4v) is 2.10. The summed E-state index contributed by atoms with van der Waals surface area (Å²) in [6, 6.07) is 6.83. The van der Waals surface area contributed by atoms with E-state index in [4.69, 9.17) is 4.42 Å². The van der Waals surface area contributed by atoms with E-state index in [1.54, 1.807) is 19.9 Å². The second kappa shape index (κ2) is 5.57. The SMILES string of the molecule is Cc1cc(C(=O)Nc2ccc(OS(=O)(=O)F)cc2)c(C)o1. The van der Waals surface area contributed by atoms with E-state index in [1.807, 2.05) is 0 Å². The molecular weight excluding hydrogens is 301 g/mol. The van der Waals surface area contributed by atoms with Crippen LogP contribution in [0.1, 0.15) is 21.9 Å². The van der Waals surface area contributed by atoms with Crippen LogP contribution >= 0.6 is 0 Å². The minimum absolute atomic E-state index is 0.189. The van der Waals surface area contributed by atoms with Crippen molar-refractivity contribution < 1.29 is 25.7 Å². The van der Waals surface area contributed by atoms with Crippen LogP contribution in [0.5, 0.6) is 5.75 Å². The van der Waals surface area contributed by atoms with Crippen LogP contribution in [-0.4, -0.2) is 14.3 Å². The van der Waals surface area contributed by atoms with Crippen molar-refractivity contribution in [3.05, 3.63) is 47.4 Å². The molecule has 1 aromatic heterocycles. The van der Waals surface area contributed by atoms with Crippen LogP contribution in [0.15, 0.2) is 34.7 Å². The number of carbonyl (C=O) groups is 1. The summed E-state index contributed by atoms with van der Waals surface area (Å²) in [5, 5.41) is 2.60. The zero-order valence-electron chi connectivity index (χ0n) is 11.2. The number of furan rings is 1. The fraction of sp³-hybridized carbons (Fsp3) is 0.154. The molecule has 0 saturated carbocycles. The first-order chi connectivity index (χ1) is 9.74. The average Bonchev–Trinajstić information content (AvgIpc) is 2.69. The van der Waals surface area contributed by atoms with E-state index in [0.717, 1.165) is 0 Å². The van der Waals surface area contributed by atoms with E-state index < -0.39 is 10.5 Å². The molecule has 0 aliphatic heterocycles. The minimum atomic E-state index is -5.06. The highest BCUT2D eigenvalue weighted by Gasteiger charge is 2.14. The molecule has 0 saturated heterocycles. The third-order valence-corrected chi connectivity index (χ3v) is 2.99. The zero-order valence-corrected chi connectivity index (χ0v) is 12.0. The van der Waals surface area contributed by atoms with Crippen LogP contribution < -0.4 is 9.50 Å². The topological polar surface area (TPSA) is 85.6 Å². The number of halogens is 1. The normalized spacial score (nSPS) is 11.2. The smallest absolute Gasteiger partial charge is 0.466 e. The average molecular weight is 313 g/mol. The van der Waals surface area contributed by atoms with Gasteiger partial charge in [0.05, 0.1) is 5.56 Å². The lowest BCUT2D eigenvalue weighted by molar-refractivity contribution is 0.102. The highest BCUT2D eigenvalue weighted by atomic mass is 32.3. The van der Waals surface area contributed by atoms with E-state index in [-0.39, 0.29) is 11.7 Å².